The van der Waals surface area contributed by atoms with Crippen molar-refractivity contribution in [1.82, 2.24) is 29.0 Å². The molecule has 1 saturated heterocycles. The van der Waals surface area contributed by atoms with Crippen LogP contribution in [0.1, 0.15) is 49.4 Å². The van der Waals surface area contributed by atoms with E-state index in [9.17, 15) is 0 Å². The van der Waals surface area contributed by atoms with Crippen LogP contribution < -0.4 is 5.32 Å². The standard InChI is InChI=1S/C27H28BrN7.C2H6/c1-33-16-21(22-8-2-3-9-25(22)33)18-34-11-5-7-20(17-34)24-12-26(30-14-19-6-4-10-29-13-19)35-27(32-24)23(28)15-31-35;1-2/h2-4,6,8-10,12-13,15-16,20,30H,5,7,11,14,17-18H2,1H3;1-2H3. The normalized spacial score (nSPS) is 16.1. The van der Waals surface area contributed by atoms with Crippen LogP contribution in [-0.4, -0.2) is 42.1 Å². The molecule has 6 rings (SSSR count). The Hall–Kier alpha value is -3.23. The Labute approximate surface area is 226 Å². The quantitative estimate of drug-likeness (QED) is 0.261. The lowest BCUT2D eigenvalue weighted by molar-refractivity contribution is 0.199. The highest BCUT2D eigenvalue weighted by Gasteiger charge is 2.25. The number of hydrogen-bond acceptors (Lipinski definition) is 5. The van der Waals surface area contributed by atoms with E-state index in [1.165, 1.54) is 22.9 Å². The number of halogens is 1. The van der Waals surface area contributed by atoms with Gasteiger partial charge in [0.05, 0.1) is 16.4 Å². The Morgan fingerprint density at radius 3 is 2.81 bits per heavy atom. The van der Waals surface area contributed by atoms with Gasteiger partial charge in [-0.3, -0.25) is 9.88 Å². The van der Waals surface area contributed by atoms with E-state index in [0.29, 0.717) is 12.5 Å². The third-order valence-electron chi connectivity index (χ3n) is 6.94. The molecular formula is C29H34BrN7. The lowest BCUT2D eigenvalue weighted by Gasteiger charge is -2.32. The molecule has 0 spiro atoms. The van der Waals surface area contributed by atoms with E-state index in [4.69, 9.17) is 4.98 Å². The number of para-hydroxylation sites is 1. The molecule has 8 heteroatoms. The van der Waals surface area contributed by atoms with Crippen molar-refractivity contribution in [3.05, 3.63) is 88.5 Å². The largest absolute Gasteiger partial charge is 0.366 e. The van der Waals surface area contributed by atoms with Gasteiger partial charge >= 0.3 is 0 Å². The zero-order valence-corrected chi connectivity index (χ0v) is 23.3. The highest BCUT2D eigenvalue weighted by Crippen LogP contribution is 2.31. The summed E-state index contributed by atoms with van der Waals surface area (Å²) in [6.07, 6.45) is 10.1. The molecule has 1 atom stereocenters. The highest BCUT2D eigenvalue weighted by atomic mass is 79.9. The summed E-state index contributed by atoms with van der Waals surface area (Å²) in [5.41, 5.74) is 5.78. The molecule has 1 aliphatic rings. The van der Waals surface area contributed by atoms with Crippen LogP contribution in [0.5, 0.6) is 0 Å². The first-order chi connectivity index (χ1) is 18.2. The zero-order chi connectivity index (χ0) is 25.8. The molecule has 5 heterocycles. The topological polar surface area (TPSA) is 63.3 Å². The monoisotopic (exact) mass is 559 g/mol. The number of hydrogen-bond donors (Lipinski definition) is 1. The minimum atomic E-state index is 0.379. The SMILES string of the molecule is CC.Cn1cc(CN2CCCC(c3cc(NCc4cccnc4)n4ncc(Br)c4n3)C2)c2ccccc21. The minimum absolute atomic E-state index is 0.379. The second-order valence-corrected chi connectivity index (χ2v) is 10.2. The fraction of sp³-hybridized carbons (Fsp3) is 0.345. The first-order valence-electron chi connectivity index (χ1n) is 13.1. The molecule has 1 N–H and O–H groups in total. The van der Waals surface area contributed by atoms with E-state index >= 15 is 0 Å². The van der Waals surface area contributed by atoms with Gasteiger partial charge in [-0.1, -0.05) is 38.1 Å². The number of aromatic nitrogens is 5. The predicted molar refractivity (Wildman–Crippen MR) is 154 cm³/mol. The molecule has 0 amide bonds. The number of fused-ring (bicyclic) bond motifs is 2. The predicted octanol–water partition coefficient (Wildman–Crippen LogP) is 6.40. The van der Waals surface area contributed by atoms with Crippen LogP contribution in [0.4, 0.5) is 5.82 Å². The average Bonchev–Trinajstić information content (AvgIpc) is 3.48. The lowest BCUT2D eigenvalue weighted by Crippen LogP contribution is -2.34. The van der Waals surface area contributed by atoms with Crippen LogP contribution in [0.3, 0.4) is 0 Å². The van der Waals surface area contributed by atoms with Gasteiger partial charge in [-0.05, 0) is 58.6 Å². The Morgan fingerprint density at radius 1 is 1.11 bits per heavy atom. The van der Waals surface area contributed by atoms with Gasteiger partial charge in [-0.15, -0.1) is 0 Å². The van der Waals surface area contributed by atoms with Crippen molar-refractivity contribution < 1.29 is 0 Å². The van der Waals surface area contributed by atoms with Crippen molar-refractivity contribution in [2.75, 3.05) is 18.4 Å². The molecule has 1 aromatic carbocycles. The van der Waals surface area contributed by atoms with Gasteiger partial charge in [0.15, 0.2) is 5.65 Å². The summed E-state index contributed by atoms with van der Waals surface area (Å²) < 4.78 is 5.02. The molecular weight excluding hydrogens is 526 g/mol. The van der Waals surface area contributed by atoms with E-state index in [1.54, 1.807) is 6.20 Å². The molecule has 1 aliphatic heterocycles. The van der Waals surface area contributed by atoms with Crippen molar-refractivity contribution in [2.45, 2.75) is 45.7 Å². The second-order valence-electron chi connectivity index (χ2n) is 9.37. The van der Waals surface area contributed by atoms with Gasteiger partial charge < -0.3 is 9.88 Å². The van der Waals surface area contributed by atoms with E-state index in [-0.39, 0.29) is 0 Å². The highest BCUT2D eigenvalue weighted by molar-refractivity contribution is 9.10. The molecule has 7 nitrogen and oxygen atoms in total. The van der Waals surface area contributed by atoms with E-state index in [0.717, 1.165) is 53.3 Å². The first-order valence-corrected chi connectivity index (χ1v) is 13.9. The van der Waals surface area contributed by atoms with E-state index in [1.807, 2.05) is 36.8 Å². The smallest absolute Gasteiger partial charge is 0.171 e. The van der Waals surface area contributed by atoms with Crippen molar-refractivity contribution in [3.8, 4) is 0 Å². The molecule has 1 unspecified atom stereocenters. The van der Waals surface area contributed by atoms with Gasteiger partial charge in [0, 0.05) is 68.2 Å². The maximum atomic E-state index is 5.04. The lowest BCUT2D eigenvalue weighted by atomic mass is 9.94. The number of anilines is 1. The summed E-state index contributed by atoms with van der Waals surface area (Å²) >= 11 is 3.64. The van der Waals surface area contributed by atoms with E-state index in [2.05, 4.69) is 90.4 Å². The zero-order valence-electron chi connectivity index (χ0n) is 21.7. The van der Waals surface area contributed by atoms with Gasteiger partial charge in [0.1, 0.15) is 5.82 Å². The molecule has 0 aliphatic carbocycles. The van der Waals surface area contributed by atoms with Crippen molar-refractivity contribution in [2.24, 2.45) is 7.05 Å². The maximum Gasteiger partial charge on any atom is 0.171 e. The number of likely N-dealkylation sites (tertiary alicyclic amines) is 1. The number of nitrogens with zero attached hydrogens (tertiary/aromatic N) is 6. The maximum absolute atomic E-state index is 5.04. The van der Waals surface area contributed by atoms with Gasteiger partial charge in [0.25, 0.3) is 0 Å². The summed E-state index contributed by atoms with van der Waals surface area (Å²) in [5.74, 6) is 1.33. The van der Waals surface area contributed by atoms with Gasteiger partial charge in [0.2, 0.25) is 0 Å². The van der Waals surface area contributed by atoms with Crippen molar-refractivity contribution >= 4 is 38.3 Å². The molecule has 4 aromatic heterocycles. The molecule has 37 heavy (non-hydrogen) atoms. The Bertz CT molecular complexity index is 1470. The Kier molecular flexibility index (Phi) is 7.86. The van der Waals surface area contributed by atoms with Crippen LogP contribution >= 0.6 is 15.9 Å². The molecule has 192 valence electrons. The van der Waals surface area contributed by atoms with Crippen LogP contribution in [-0.2, 0) is 20.1 Å². The molecule has 0 bridgehead atoms. The Morgan fingerprint density at radius 2 is 1.97 bits per heavy atom. The first kappa shape index (κ1) is 25.4. The fourth-order valence-electron chi connectivity index (χ4n) is 5.22. The van der Waals surface area contributed by atoms with Crippen LogP contribution in [0.15, 0.2) is 71.7 Å². The van der Waals surface area contributed by atoms with Crippen LogP contribution in [0.2, 0.25) is 0 Å². The second kappa shape index (κ2) is 11.4. The number of rotatable bonds is 6. The third-order valence-corrected chi connectivity index (χ3v) is 7.50. The molecule has 0 saturated carbocycles. The molecule has 1 fully saturated rings. The van der Waals surface area contributed by atoms with Crippen LogP contribution in [0, 0.1) is 0 Å². The number of aryl methyl sites for hydroxylation is 1. The molecule has 5 aromatic rings. The third kappa shape index (κ3) is 5.40. The summed E-state index contributed by atoms with van der Waals surface area (Å²) in [6.45, 7) is 7.76. The Balaban J connectivity index is 0.00000137. The number of nitrogens with one attached hydrogen (secondary N) is 1. The number of pyridine rings is 1. The van der Waals surface area contributed by atoms with Gasteiger partial charge in [-0.2, -0.15) is 9.61 Å². The average molecular weight is 561 g/mol. The fourth-order valence-corrected chi connectivity index (χ4v) is 5.57. The van der Waals surface area contributed by atoms with Crippen molar-refractivity contribution in [3.63, 3.8) is 0 Å². The van der Waals surface area contributed by atoms with Gasteiger partial charge in [-0.25, -0.2) is 4.98 Å². The van der Waals surface area contributed by atoms with E-state index < -0.39 is 0 Å². The number of benzene rings is 1. The van der Waals surface area contributed by atoms with Crippen molar-refractivity contribution in [1.29, 1.82) is 0 Å². The summed E-state index contributed by atoms with van der Waals surface area (Å²) in [4.78, 5) is 11.8. The summed E-state index contributed by atoms with van der Waals surface area (Å²) in [5, 5.41) is 9.44. The summed E-state index contributed by atoms with van der Waals surface area (Å²) in [6, 6.07) is 14.9. The molecule has 0 radical (unpaired) electrons. The number of piperidine rings is 1. The summed E-state index contributed by atoms with van der Waals surface area (Å²) in [7, 11) is 2.13. The minimum Gasteiger partial charge on any atom is -0.366 e. The van der Waals surface area contributed by atoms with Crippen LogP contribution in [0.25, 0.3) is 16.6 Å².